The maximum absolute atomic E-state index is 12.1. The Morgan fingerprint density at radius 1 is 1.19 bits per heavy atom. The number of aryl methyl sites for hydroxylation is 2. The highest BCUT2D eigenvalue weighted by atomic mass is 127. The summed E-state index contributed by atoms with van der Waals surface area (Å²) >= 11 is 7.22. The minimum absolute atomic E-state index is 0.171. The molecule has 1 heterocycles. The van der Waals surface area contributed by atoms with Gasteiger partial charge in [0.1, 0.15) is 0 Å². The predicted octanol–water partition coefficient (Wildman–Crippen LogP) is 2.82. The molecule has 0 atom stereocenters. The Kier molecular flexibility index (Phi) is 5.18. The smallest absolute Gasteiger partial charge is 0.258 e. The Morgan fingerprint density at radius 3 is 2.43 bits per heavy atom. The van der Waals surface area contributed by atoms with E-state index in [1.54, 1.807) is 12.1 Å². The molecule has 0 aliphatic rings. The second kappa shape index (κ2) is 6.90. The fraction of sp³-hybridized carbons (Fsp3) is 0.143. The normalized spacial score (nSPS) is 10.0. The Morgan fingerprint density at radius 2 is 1.81 bits per heavy atom. The van der Waals surface area contributed by atoms with Crippen LogP contribution < -0.4 is 10.6 Å². The molecule has 0 radical (unpaired) electrons. The van der Waals surface area contributed by atoms with Crippen LogP contribution in [0, 0.1) is 17.4 Å². The largest absolute Gasteiger partial charge is 0.301 e. The summed E-state index contributed by atoms with van der Waals surface area (Å²) < 4.78 is 0.859. The van der Waals surface area contributed by atoms with Gasteiger partial charge in [0.15, 0.2) is 5.11 Å². The number of rotatable bonds is 2. The molecule has 2 N–H and O–H groups in total. The van der Waals surface area contributed by atoms with Gasteiger partial charge in [-0.05, 0) is 66.9 Å². The van der Waals surface area contributed by atoms with E-state index in [4.69, 9.17) is 12.2 Å². The van der Waals surface area contributed by atoms with Crippen molar-refractivity contribution in [3.63, 3.8) is 0 Å². The number of benzene rings is 1. The zero-order chi connectivity index (χ0) is 15.4. The lowest BCUT2D eigenvalue weighted by molar-refractivity contribution is 0.0977. The van der Waals surface area contributed by atoms with Crippen LogP contribution in [0.15, 0.2) is 30.3 Å². The van der Waals surface area contributed by atoms with Crippen molar-refractivity contribution in [2.24, 2.45) is 0 Å². The third kappa shape index (κ3) is 4.43. The number of thiocarbonyl (C=S) groups is 1. The second-order valence-electron chi connectivity index (χ2n) is 4.36. The van der Waals surface area contributed by atoms with Crippen molar-refractivity contribution in [1.82, 2.24) is 15.3 Å². The van der Waals surface area contributed by atoms with E-state index >= 15 is 0 Å². The van der Waals surface area contributed by atoms with Gasteiger partial charge < -0.3 is 5.32 Å². The first-order valence-electron chi connectivity index (χ1n) is 6.15. The third-order valence-electron chi connectivity index (χ3n) is 2.55. The molecule has 1 aromatic heterocycles. The number of nitrogens with one attached hydrogen (secondary N) is 2. The lowest BCUT2D eigenvalue weighted by Crippen LogP contribution is -2.35. The molecular weight excluding hydrogens is 399 g/mol. The Bertz CT molecular complexity index is 685. The number of anilines is 1. The van der Waals surface area contributed by atoms with E-state index in [0.717, 1.165) is 15.0 Å². The second-order valence-corrected chi connectivity index (χ2v) is 5.93. The standard InChI is InChI=1S/C14H13IN4OS/c1-8-7-9(2)17-13(16-8)19-14(21)18-12(20)10-5-3-4-6-11(10)15/h3-7H,1-2H3,(H2,16,17,18,19,20,21). The summed E-state index contributed by atoms with van der Waals surface area (Å²) in [5.41, 5.74) is 2.23. The predicted molar refractivity (Wildman–Crippen MR) is 94.4 cm³/mol. The van der Waals surface area contributed by atoms with Crippen molar-refractivity contribution in [2.45, 2.75) is 13.8 Å². The Labute approximate surface area is 141 Å². The van der Waals surface area contributed by atoms with Gasteiger partial charge in [-0.1, -0.05) is 12.1 Å². The summed E-state index contributed by atoms with van der Waals surface area (Å²) in [7, 11) is 0. The van der Waals surface area contributed by atoms with Crippen LogP contribution in [0.25, 0.3) is 0 Å². The topological polar surface area (TPSA) is 66.9 Å². The average molecular weight is 412 g/mol. The van der Waals surface area contributed by atoms with E-state index in [2.05, 4.69) is 43.2 Å². The number of halogens is 1. The summed E-state index contributed by atoms with van der Waals surface area (Å²) in [5, 5.41) is 5.61. The highest BCUT2D eigenvalue weighted by molar-refractivity contribution is 14.1. The summed E-state index contributed by atoms with van der Waals surface area (Å²) in [5.74, 6) is 0.113. The molecule has 2 rings (SSSR count). The maximum atomic E-state index is 12.1. The highest BCUT2D eigenvalue weighted by Gasteiger charge is 2.11. The van der Waals surface area contributed by atoms with Crippen LogP contribution in [0.5, 0.6) is 0 Å². The zero-order valence-electron chi connectivity index (χ0n) is 11.5. The van der Waals surface area contributed by atoms with E-state index in [1.807, 2.05) is 32.0 Å². The Hall–Kier alpha value is -1.61. The van der Waals surface area contributed by atoms with Gasteiger partial charge in [0.25, 0.3) is 5.91 Å². The molecule has 0 fully saturated rings. The van der Waals surface area contributed by atoms with Crippen molar-refractivity contribution in [3.8, 4) is 0 Å². The van der Waals surface area contributed by atoms with Crippen molar-refractivity contribution < 1.29 is 4.79 Å². The highest BCUT2D eigenvalue weighted by Crippen LogP contribution is 2.11. The fourth-order valence-corrected chi connectivity index (χ4v) is 2.55. The number of nitrogens with zero attached hydrogens (tertiary/aromatic N) is 2. The van der Waals surface area contributed by atoms with Gasteiger partial charge in [-0.25, -0.2) is 9.97 Å². The van der Waals surface area contributed by atoms with Crippen LogP contribution in [0.1, 0.15) is 21.7 Å². The molecule has 0 spiro atoms. The quantitative estimate of drug-likeness (QED) is 0.587. The number of carbonyl (C=O) groups is 1. The van der Waals surface area contributed by atoms with Crippen molar-refractivity contribution >= 4 is 51.8 Å². The van der Waals surface area contributed by atoms with E-state index in [9.17, 15) is 4.79 Å². The van der Waals surface area contributed by atoms with Crippen LogP contribution in [0.4, 0.5) is 5.95 Å². The van der Waals surface area contributed by atoms with Gasteiger partial charge in [0.2, 0.25) is 5.95 Å². The van der Waals surface area contributed by atoms with Gasteiger partial charge >= 0.3 is 0 Å². The molecule has 7 heteroatoms. The van der Waals surface area contributed by atoms with Crippen LogP contribution in [-0.2, 0) is 0 Å². The number of amides is 1. The van der Waals surface area contributed by atoms with Gasteiger partial charge in [-0.2, -0.15) is 0 Å². The summed E-state index contributed by atoms with van der Waals surface area (Å²) in [6.45, 7) is 3.74. The monoisotopic (exact) mass is 412 g/mol. The molecule has 1 aromatic carbocycles. The average Bonchev–Trinajstić information content (AvgIpc) is 2.37. The molecule has 0 aliphatic heterocycles. The fourth-order valence-electron chi connectivity index (χ4n) is 1.73. The molecule has 1 amide bonds. The van der Waals surface area contributed by atoms with Crippen molar-refractivity contribution in [2.75, 3.05) is 5.32 Å². The first-order valence-corrected chi connectivity index (χ1v) is 7.63. The van der Waals surface area contributed by atoms with E-state index in [0.29, 0.717) is 11.5 Å². The lowest BCUT2D eigenvalue weighted by Gasteiger charge is -2.10. The molecular formula is C14H13IN4OS. The van der Waals surface area contributed by atoms with Crippen LogP contribution >= 0.6 is 34.8 Å². The van der Waals surface area contributed by atoms with Gasteiger partial charge in [-0.15, -0.1) is 0 Å². The minimum Gasteiger partial charge on any atom is -0.301 e. The zero-order valence-corrected chi connectivity index (χ0v) is 14.4. The first kappa shape index (κ1) is 15.8. The lowest BCUT2D eigenvalue weighted by atomic mass is 10.2. The summed E-state index contributed by atoms with van der Waals surface area (Å²) in [4.78, 5) is 20.5. The van der Waals surface area contributed by atoms with Gasteiger partial charge in [0.05, 0.1) is 5.56 Å². The number of aromatic nitrogens is 2. The molecule has 0 unspecified atom stereocenters. The van der Waals surface area contributed by atoms with E-state index in [1.165, 1.54) is 0 Å². The number of hydrogen-bond acceptors (Lipinski definition) is 4. The molecule has 0 aliphatic carbocycles. The van der Waals surface area contributed by atoms with Crippen molar-refractivity contribution in [3.05, 3.63) is 50.9 Å². The van der Waals surface area contributed by atoms with Crippen LogP contribution in [-0.4, -0.2) is 21.0 Å². The molecule has 21 heavy (non-hydrogen) atoms. The summed E-state index contributed by atoms with van der Waals surface area (Å²) in [6, 6.07) is 9.14. The van der Waals surface area contributed by atoms with E-state index in [-0.39, 0.29) is 11.0 Å². The van der Waals surface area contributed by atoms with Crippen LogP contribution in [0.2, 0.25) is 0 Å². The molecule has 108 valence electrons. The van der Waals surface area contributed by atoms with Crippen molar-refractivity contribution in [1.29, 1.82) is 0 Å². The first-order chi connectivity index (χ1) is 9.95. The minimum atomic E-state index is -0.262. The summed E-state index contributed by atoms with van der Waals surface area (Å²) in [6.07, 6.45) is 0. The molecule has 0 saturated carbocycles. The maximum Gasteiger partial charge on any atom is 0.258 e. The van der Waals surface area contributed by atoms with Gasteiger partial charge in [0, 0.05) is 15.0 Å². The molecule has 0 saturated heterocycles. The number of hydrogen-bond donors (Lipinski definition) is 2. The van der Waals surface area contributed by atoms with Gasteiger partial charge in [-0.3, -0.25) is 10.1 Å². The Balaban J connectivity index is 2.05. The third-order valence-corrected chi connectivity index (χ3v) is 3.70. The molecule has 0 bridgehead atoms. The molecule has 2 aromatic rings. The number of carbonyl (C=O) groups excluding carboxylic acids is 1. The van der Waals surface area contributed by atoms with Crippen LogP contribution in [0.3, 0.4) is 0 Å². The molecule has 5 nitrogen and oxygen atoms in total. The van der Waals surface area contributed by atoms with E-state index < -0.39 is 0 Å². The SMILES string of the molecule is Cc1cc(C)nc(NC(=S)NC(=O)c2ccccc2I)n1.